The molecule has 0 saturated carbocycles. The van der Waals surface area contributed by atoms with Crippen molar-refractivity contribution in [2.75, 3.05) is 12.8 Å². The van der Waals surface area contributed by atoms with Crippen LogP contribution in [-0.4, -0.2) is 17.8 Å². The van der Waals surface area contributed by atoms with Crippen LogP contribution in [0.5, 0.6) is 5.75 Å². The number of hydrogen-bond donors (Lipinski definition) is 0. The van der Waals surface area contributed by atoms with E-state index in [9.17, 15) is 4.57 Å². The van der Waals surface area contributed by atoms with Crippen molar-refractivity contribution in [2.24, 2.45) is 0 Å². The molecule has 0 radical (unpaired) electrons. The molecular formula is C14H18NO4P. The lowest BCUT2D eigenvalue weighted by Gasteiger charge is -2.16. The number of benzene rings is 1. The molecule has 0 aliphatic heterocycles. The molecule has 1 aromatic heterocycles. The molecule has 0 bridgehead atoms. The van der Waals surface area contributed by atoms with Gasteiger partial charge in [0.25, 0.3) is 0 Å². The van der Waals surface area contributed by atoms with Gasteiger partial charge in [-0.2, -0.15) is 0 Å². The monoisotopic (exact) mass is 295 g/mol. The van der Waals surface area contributed by atoms with E-state index in [0.29, 0.717) is 30.5 Å². The summed E-state index contributed by atoms with van der Waals surface area (Å²) in [5.74, 6) is 0.430. The Labute approximate surface area is 118 Å². The van der Waals surface area contributed by atoms with Gasteiger partial charge in [0.05, 0.1) is 12.8 Å². The second kappa shape index (κ2) is 6.84. The van der Waals surface area contributed by atoms with Crippen molar-refractivity contribution in [3.63, 3.8) is 0 Å². The van der Waals surface area contributed by atoms with E-state index >= 15 is 0 Å². The van der Waals surface area contributed by atoms with Crippen LogP contribution in [0.25, 0.3) is 10.9 Å². The van der Waals surface area contributed by atoms with Crippen molar-refractivity contribution in [2.45, 2.75) is 20.3 Å². The predicted octanol–water partition coefficient (Wildman–Crippen LogP) is 4.18. The first-order chi connectivity index (χ1) is 9.68. The first-order valence-electron chi connectivity index (χ1n) is 6.62. The summed E-state index contributed by atoms with van der Waals surface area (Å²) in [7, 11) is -3.21. The third kappa shape index (κ3) is 3.57. The highest BCUT2D eigenvalue weighted by Crippen LogP contribution is 2.49. The lowest BCUT2D eigenvalue weighted by atomic mass is 10.2. The minimum atomic E-state index is -3.21. The summed E-state index contributed by atoms with van der Waals surface area (Å²) in [5.41, 5.74) is 0.662. The van der Waals surface area contributed by atoms with Crippen molar-refractivity contribution in [3.8, 4) is 5.75 Å². The zero-order valence-electron chi connectivity index (χ0n) is 11.6. The molecule has 0 fully saturated rings. The van der Waals surface area contributed by atoms with E-state index in [-0.39, 0.29) is 0 Å². The van der Waals surface area contributed by atoms with E-state index in [1.807, 2.05) is 31.2 Å². The molecule has 0 saturated heterocycles. The average molecular weight is 295 g/mol. The minimum Gasteiger partial charge on any atom is -0.327 e. The standard InChI is InChI=1S/C14H18NO4P/c1-3-11-20(16,17-4-2)19-18-13-9-5-7-12-8-6-10-15-14(12)13/h5-10H,3-4,11H2,1-2H3. The van der Waals surface area contributed by atoms with Gasteiger partial charge in [0, 0.05) is 11.6 Å². The van der Waals surface area contributed by atoms with Gasteiger partial charge in [-0.05, 0) is 25.5 Å². The number of pyridine rings is 1. The second-order valence-electron chi connectivity index (χ2n) is 4.24. The third-order valence-electron chi connectivity index (χ3n) is 2.66. The number of aromatic nitrogens is 1. The van der Waals surface area contributed by atoms with Gasteiger partial charge in [0.15, 0.2) is 5.75 Å². The zero-order chi connectivity index (χ0) is 14.4. The Morgan fingerprint density at radius 1 is 1.20 bits per heavy atom. The van der Waals surface area contributed by atoms with Crippen molar-refractivity contribution in [1.82, 2.24) is 4.98 Å². The Balaban J connectivity index is 2.18. The Hall–Kier alpha value is -1.42. The maximum Gasteiger partial charge on any atom is 0.369 e. The van der Waals surface area contributed by atoms with Crippen LogP contribution in [0.2, 0.25) is 0 Å². The van der Waals surface area contributed by atoms with Crippen molar-refractivity contribution < 1.29 is 18.7 Å². The molecule has 108 valence electrons. The Morgan fingerprint density at radius 2 is 2.00 bits per heavy atom. The van der Waals surface area contributed by atoms with Crippen molar-refractivity contribution >= 4 is 18.5 Å². The summed E-state index contributed by atoms with van der Waals surface area (Å²) < 4.78 is 22.6. The average Bonchev–Trinajstić information content (AvgIpc) is 2.46. The first kappa shape index (κ1) is 15.0. The van der Waals surface area contributed by atoms with E-state index < -0.39 is 7.60 Å². The Kier molecular flexibility index (Phi) is 5.12. The number of rotatable bonds is 7. The smallest absolute Gasteiger partial charge is 0.327 e. The maximum absolute atomic E-state index is 12.3. The first-order valence-corrected chi connectivity index (χ1v) is 8.35. The van der Waals surface area contributed by atoms with Crippen LogP contribution in [0.4, 0.5) is 0 Å². The molecule has 1 heterocycles. The molecule has 5 nitrogen and oxygen atoms in total. The molecule has 2 aromatic rings. The SMILES string of the molecule is CCCP(=O)(OCC)OOc1cccc2cccnc12. The lowest BCUT2D eigenvalue weighted by molar-refractivity contribution is -0.111. The van der Waals surface area contributed by atoms with Gasteiger partial charge in [0.2, 0.25) is 0 Å². The number of para-hydroxylation sites is 1. The van der Waals surface area contributed by atoms with Gasteiger partial charge >= 0.3 is 7.60 Å². The van der Waals surface area contributed by atoms with Gasteiger partial charge in [-0.3, -0.25) is 9.55 Å². The van der Waals surface area contributed by atoms with Gasteiger partial charge in [-0.15, -0.1) is 0 Å². The lowest BCUT2D eigenvalue weighted by Crippen LogP contribution is -2.03. The van der Waals surface area contributed by atoms with Crippen LogP contribution in [0.3, 0.4) is 0 Å². The maximum atomic E-state index is 12.3. The number of hydrogen-bond acceptors (Lipinski definition) is 5. The van der Waals surface area contributed by atoms with E-state index in [0.717, 1.165) is 5.39 Å². The summed E-state index contributed by atoms with van der Waals surface area (Å²) in [4.78, 5) is 9.48. The topological polar surface area (TPSA) is 57.7 Å². The normalized spacial score (nSPS) is 14.1. The Morgan fingerprint density at radius 3 is 2.75 bits per heavy atom. The summed E-state index contributed by atoms with van der Waals surface area (Å²) in [6.07, 6.45) is 2.68. The van der Waals surface area contributed by atoms with E-state index in [4.69, 9.17) is 14.1 Å². The fourth-order valence-corrected chi connectivity index (χ4v) is 3.22. The third-order valence-corrected chi connectivity index (χ3v) is 4.61. The molecule has 6 heteroatoms. The Bertz CT molecular complexity index is 602. The van der Waals surface area contributed by atoms with Crippen LogP contribution >= 0.6 is 7.60 Å². The molecule has 1 unspecified atom stereocenters. The summed E-state index contributed by atoms with van der Waals surface area (Å²) in [5, 5.41) is 0.926. The highest BCUT2D eigenvalue weighted by atomic mass is 31.2. The van der Waals surface area contributed by atoms with Gasteiger partial charge < -0.3 is 9.41 Å². The van der Waals surface area contributed by atoms with Gasteiger partial charge in [0.1, 0.15) is 5.52 Å². The van der Waals surface area contributed by atoms with Gasteiger partial charge in [-0.1, -0.05) is 29.8 Å². The molecule has 0 N–H and O–H groups in total. The van der Waals surface area contributed by atoms with Crippen LogP contribution in [0, 0.1) is 0 Å². The van der Waals surface area contributed by atoms with Crippen LogP contribution in [0.15, 0.2) is 36.5 Å². The molecule has 1 aromatic carbocycles. The highest BCUT2D eigenvalue weighted by molar-refractivity contribution is 7.53. The fourth-order valence-electron chi connectivity index (χ4n) is 1.83. The second-order valence-corrected chi connectivity index (χ2v) is 6.32. The van der Waals surface area contributed by atoms with Crippen LogP contribution < -0.4 is 4.89 Å². The van der Waals surface area contributed by atoms with Gasteiger partial charge in [-0.25, -0.2) is 0 Å². The van der Waals surface area contributed by atoms with Crippen LogP contribution in [-0.2, 0) is 13.8 Å². The van der Waals surface area contributed by atoms with Crippen molar-refractivity contribution in [1.29, 1.82) is 0 Å². The molecule has 0 aliphatic rings. The molecule has 20 heavy (non-hydrogen) atoms. The van der Waals surface area contributed by atoms with E-state index in [1.165, 1.54) is 0 Å². The predicted molar refractivity (Wildman–Crippen MR) is 77.8 cm³/mol. The number of fused-ring (bicyclic) bond motifs is 1. The number of nitrogens with zero attached hydrogens (tertiary/aromatic N) is 1. The van der Waals surface area contributed by atoms with Crippen molar-refractivity contribution in [3.05, 3.63) is 36.5 Å². The summed E-state index contributed by atoms with van der Waals surface area (Å²) >= 11 is 0. The molecule has 2 rings (SSSR count). The largest absolute Gasteiger partial charge is 0.369 e. The summed E-state index contributed by atoms with van der Waals surface area (Å²) in [6, 6.07) is 9.23. The quantitative estimate of drug-likeness (QED) is 0.435. The summed E-state index contributed by atoms with van der Waals surface area (Å²) in [6.45, 7) is 3.99. The fraction of sp³-hybridized carbons (Fsp3) is 0.357. The minimum absolute atomic E-state index is 0.314. The molecule has 0 amide bonds. The van der Waals surface area contributed by atoms with Crippen LogP contribution in [0.1, 0.15) is 20.3 Å². The highest BCUT2D eigenvalue weighted by Gasteiger charge is 2.25. The zero-order valence-corrected chi connectivity index (χ0v) is 12.5. The van der Waals surface area contributed by atoms with E-state index in [2.05, 4.69) is 4.98 Å². The molecule has 0 spiro atoms. The molecule has 0 aliphatic carbocycles. The van der Waals surface area contributed by atoms with E-state index in [1.54, 1.807) is 19.2 Å². The molecular weight excluding hydrogens is 277 g/mol. The molecule has 1 atom stereocenters.